The Morgan fingerprint density at radius 1 is 1.08 bits per heavy atom. The van der Waals surface area contributed by atoms with Gasteiger partial charge in [0.15, 0.2) is 5.11 Å². The minimum Gasteiger partial charge on any atom is -0.490 e. The molecule has 0 spiro atoms. The average molecular weight is 585 g/mol. The predicted molar refractivity (Wildman–Crippen MR) is 149 cm³/mol. The van der Waals surface area contributed by atoms with Gasteiger partial charge in [0.1, 0.15) is 29.9 Å². The Balaban J connectivity index is 1.52. The summed E-state index contributed by atoms with van der Waals surface area (Å²) in [5.41, 5.74) is 2.67. The number of ether oxygens (including phenoxy) is 2. The summed E-state index contributed by atoms with van der Waals surface area (Å²) in [4.78, 5) is 6.61. The van der Waals surface area contributed by atoms with Crippen molar-refractivity contribution in [3.05, 3.63) is 99.9 Å². The molecule has 2 atom stereocenters. The smallest absolute Gasteiger partial charge is 0.174 e. The van der Waals surface area contributed by atoms with Gasteiger partial charge in [-0.1, -0.05) is 45.7 Å². The molecule has 0 unspecified atom stereocenters. The maximum Gasteiger partial charge on any atom is 0.174 e. The van der Waals surface area contributed by atoms with Gasteiger partial charge < -0.3 is 24.1 Å². The molecule has 36 heavy (non-hydrogen) atoms. The van der Waals surface area contributed by atoms with Gasteiger partial charge in [-0.3, -0.25) is 4.98 Å². The highest BCUT2D eigenvalue weighted by Crippen LogP contribution is 2.44. The fourth-order valence-corrected chi connectivity index (χ4v) is 5.03. The van der Waals surface area contributed by atoms with Crippen molar-refractivity contribution in [3.8, 4) is 17.1 Å². The van der Waals surface area contributed by atoms with Crippen LogP contribution in [0.4, 0.5) is 5.69 Å². The third-order valence-electron chi connectivity index (χ3n) is 5.88. The number of halogens is 2. The highest BCUT2D eigenvalue weighted by Gasteiger charge is 2.42. The molecule has 0 radical (unpaired) electrons. The number of furan rings is 1. The predicted octanol–water partition coefficient (Wildman–Crippen LogP) is 6.96. The highest BCUT2D eigenvalue weighted by molar-refractivity contribution is 9.10. The van der Waals surface area contributed by atoms with E-state index in [9.17, 15) is 0 Å². The number of rotatable bonds is 8. The molecule has 0 amide bonds. The zero-order valence-electron chi connectivity index (χ0n) is 19.4. The fourth-order valence-electron chi connectivity index (χ4n) is 4.19. The standard InChI is InChI=1S/C27H23BrClN3O3S/c1-33-14-15-34-23-10-9-19(16-20(23)29)32-26(25(31-27(32)36)21-4-2-3-13-30-21)24-12-11-22(35-24)17-5-7-18(28)8-6-17/h2-13,16,25-26H,14-15H2,1H3,(H,31,36)/t25-,26-/m1/s1. The molecule has 9 heteroatoms. The molecule has 0 saturated carbocycles. The van der Waals surface area contributed by atoms with Crippen molar-refractivity contribution in [2.75, 3.05) is 25.2 Å². The quantitative estimate of drug-likeness (QED) is 0.177. The normalized spacial score (nSPS) is 17.3. The van der Waals surface area contributed by atoms with Gasteiger partial charge in [0, 0.05) is 29.0 Å². The van der Waals surface area contributed by atoms with Crippen LogP contribution in [0.5, 0.6) is 5.75 Å². The Morgan fingerprint density at radius 2 is 1.92 bits per heavy atom. The number of pyridine rings is 1. The highest BCUT2D eigenvalue weighted by atomic mass is 79.9. The number of thiocarbonyl (C=S) groups is 1. The van der Waals surface area contributed by atoms with E-state index in [1.807, 2.05) is 77.7 Å². The van der Waals surface area contributed by atoms with Gasteiger partial charge in [0.2, 0.25) is 0 Å². The first kappa shape index (κ1) is 24.8. The molecule has 0 bridgehead atoms. The maximum absolute atomic E-state index is 6.58. The zero-order chi connectivity index (χ0) is 25.1. The van der Waals surface area contributed by atoms with E-state index in [2.05, 4.69) is 26.2 Å². The number of nitrogens with zero attached hydrogens (tertiary/aromatic N) is 2. The van der Waals surface area contributed by atoms with E-state index in [1.54, 1.807) is 13.3 Å². The number of nitrogens with one attached hydrogen (secondary N) is 1. The second-order valence-electron chi connectivity index (χ2n) is 8.16. The number of hydrogen-bond donors (Lipinski definition) is 1. The number of hydrogen-bond acceptors (Lipinski definition) is 5. The topological polar surface area (TPSA) is 59.8 Å². The van der Waals surface area contributed by atoms with Crippen molar-refractivity contribution in [3.63, 3.8) is 0 Å². The van der Waals surface area contributed by atoms with Gasteiger partial charge in [-0.2, -0.15) is 0 Å². The lowest BCUT2D eigenvalue weighted by Crippen LogP contribution is -2.29. The van der Waals surface area contributed by atoms with Crippen LogP contribution in [0.3, 0.4) is 0 Å². The van der Waals surface area contributed by atoms with Crippen LogP contribution in [0.25, 0.3) is 11.3 Å². The van der Waals surface area contributed by atoms with Crippen LogP contribution in [0.2, 0.25) is 5.02 Å². The SMILES string of the molecule is COCCOc1ccc(N2C(=S)N[C@H](c3ccccn3)[C@H]2c2ccc(-c3ccc(Br)cc3)o2)cc1Cl. The van der Waals surface area contributed by atoms with Gasteiger partial charge in [0.05, 0.1) is 23.4 Å². The first-order valence-corrected chi connectivity index (χ1v) is 12.9. The third kappa shape index (κ3) is 5.13. The van der Waals surface area contributed by atoms with Crippen molar-refractivity contribution in [1.82, 2.24) is 10.3 Å². The minimum absolute atomic E-state index is 0.223. The lowest BCUT2D eigenvalue weighted by Gasteiger charge is -2.26. The first-order chi connectivity index (χ1) is 17.5. The van der Waals surface area contributed by atoms with Crippen LogP contribution in [0, 0.1) is 0 Å². The Kier molecular flexibility index (Phi) is 7.57. The fraction of sp³-hybridized carbons (Fsp3) is 0.185. The van der Waals surface area contributed by atoms with Gasteiger partial charge >= 0.3 is 0 Å². The van der Waals surface area contributed by atoms with E-state index >= 15 is 0 Å². The molecule has 1 aliphatic heterocycles. The van der Waals surface area contributed by atoms with Gasteiger partial charge in [0.25, 0.3) is 0 Å². The second-order valence-corrected chi connectivity index (χ2v) is 9.87. The summed E-state index contributed by atoms with van der Waals surface area (Å²) < 4.78 is 18.2. The van der Waals surface area contributed by atoms with Crippen LogP contribution >= 0.6 is 39.7 Å². The van der Waals surface area contributed by atoms with Crippen LogP contribution in [0.1, 0.15) is 23.5 Å². The van der Waals surface area contributed by atoms with Crippen LogP contribution in [-0.4, -0.2) is 30.4 Å². The Morgan fingerprint density at radius 3 is 2.64 bits per heavy atom. The molecule has 0 aliphatic carbocycles. The summed E-state index contributed by atoms with van der Waals surface area (Å²) in [5, 5.41) is 4.48. The van der Waals surface area contributed by atoms with E-state index in [-0.39, 0.29) is 12.1 Å². The summed E-state index contributed by atoms with van der Waals surface area (Å²) in [6.07, 6.45) is 1.78. The summed E-state index contributed by atoms with van der Waals surface area (Å²) in [7, 11) is 1.63. The molecule has 4 aromatic rings. The molecule has 1 saturated heterocycles. The Labute approximate surface area is 228 Å². The third-order valence-corrected chi connectivity index (χ3v) is 7.02. The van der Waals surface area contributed by atoms with Gasteiger partial charge in [-0.05, 0) is 66.8 Å². The van der Waals surface area contributed by atoms with Crippen LogP contribution in [0.15, 0.2) is 87.9 Å². The lowest BCUT2D eigenvalue weighted by atomic mass is 10.0. The summed E-state index contributed by atoms with van der Waals surface area (Å²) in [6, 6.07) is 22.9. The van der Waals surface area contributed by atoms with Crippen molar-refractivity contribution in [2.45, 2.75) is 12.1 Å². The van der Waals surface area contributed by atoms with E-state index in [4.69, 9.17) is 37.7 Å². The van der Waals surface area contributed by atoms with Crippen molar-refractivity contribution >= 4 is 50.5 Å². The molecule has 3 heterocycles. The molecular formula is C27H23BrClN3O3S. The lowest BCUT2D eigenvalue weighted by molar-refractivity contribution is 0.146. The molecule has 1 fully saturated rings. The Hall–Kier alpha value is -2.91. The number of methoxy groups -OCH3 is 1. The maximum atomic E-state index is 6.58. The van der Waals surface area contributed by atoms with E-state index in [1.165, 1.54) is 0 Å². The monoisotopic (exact) mass is 583 g/mol. The largest absolute Gasteiger partial charge is 0.490 e. The summed E-state index contributed by atoms with van der Waals surface area (Å²) in [6.45, 7) is 0.889. The van der Waals surface area contributed by atoms with Gasteiger partial charge in [-0.25, -0.2) is 0 Å². The Bertz CT molecular complexity index is 1350. The summed E-state index contributed by atoms with van der Waals surface area (Å²) >= 11 is 15.9. The van der Waals surface area contributed by atoms with Crippen molar-refractivity contribution in [2.24, 2.45) is 0 Å². The first-order valence-electron chi connectivity index (χ1n) is 11.3. The number of aromatic nitrogens is 1. The second kappa shape index (κ2) is 11.0. The molecule has 1 N–H and O–H groups in total. The molecule has 184 valence electrons. The summed E-state index contributed by atoms with van der Waals surface area (Å²) in [5.74, 6) is 2.12. The van der Waals surface area contributed by atoms with Crippen LogP contribution < -0.4 is 15.0 Å². The van der Waals surface area contributed by atoms with Gasteiger partial charge in [-0.15, -0.1) is 0 Å². The van der Waals surface area contributed by atoms with E-state index < -0.39 is 0 Å². The minimum atomic E-state index is -0.284. The molecule has 5 rings (SSSR count). The van der Waals surface area contributed by atoms with Crippen molar-refractivity contribution < 1.29 is 13.9 Å². The molecule has 6 nitrogen and oxygen atoms in total. The zero-order valence-corrected chi connectivity index (χ0v) is 22.5. The van der Waals surface area contributed by atoms with E-state index in [0.717, 1.165) is 32.9 Å². The molecule has 2 aromatic heterocycles. The van der Waals surface area contributed by atoms with Crippen molar-refractivity contribution in [1.29, 1.82) is 0 Å². The molecular weight excluding hydrogens is 562 g/mol. The number of anilines is 1. The average Bonchev–Trinajstić information content (AvgIpc) is 3.51. The molecule has 2 aromatic carbocycles. The number of benzene rings is 2. The van der Waals surface area contributed by atoms with E-state index in [0.29, 0.717) is 29.1 Å². The molecule has 1 aliphatic rings. The van der Waals surface area contributed by atoms with Crippen LogP contribution in [-0.2, 0) is 4.74 Å².